The monoisotopic (exact) mass is 434 g/mol. The van der Waals surface area contributed by atoms with Gasteiger partial charge in [0.1, 0.15) is 4.83 Å². The van der Waals surface area contributed by atoms with Crippen LogP contribution in [0.4, 0.5) is 0 Å². The van der Waals surface area contributed by atoms with Gasteiger partial charge in [0.25, 0.3) is 5.56 Å². The first-order valence-electron chi connectivity index (χ1n) is 9.86. The molecule has 0 aliphatic rings. The quantitative estimate of drug-likeness (QED) is 0.398. The third-order valence-corrected chi connectivity index (χ3v) is 6.14. The van der Waals surface area contributed by atoms with Crippen molar-refractivity contribution in [2.24, 2.45) is 0 Å². The number of aryl methyl sites for hydroxylation is 1. The first-order chi connectivity index (χ1) is 15.0. The van der Waals surface area contributed by atoms with Crippen LogP contribution in [0.5, 0.6) is 11.5 Å². The van der Waals surface area contributed by atoms with Gasteiger partial charge in [0.05, 0.1) is 32.5 Å². The maximum Gasteiger partial charge on any atom is 0.263 e. The van der Waals surface area contributed by atoms with Crippen LogP contribution in [0.3, 0.4) is 0 Å². The highest BCUT2D eigenvalue weighted by atomic mass is 32.1. The third kappa shape index (κ3) is 3.96. The smallest absolute Gasteiger partial charge is 0.263 e. The third-order valence-electron chi connectivity index (χ3n) is 5.25. The molecule has 7 heteroatoms. The zero-order chi connectivity index (χ0) is 22.0. The number of nitrogens with zero attached hydrogens (tertiary/aromatic N) is 2. The van der Waals surface area contributed by atoms with Crippen LogP contribution in [-0.2, 0) is 13.0 Å². The maximum absolute atomic E-state index is 13.2. The second kappa shape index (κ2) is 8.73. The van der Waals surface area contributed by atoms with Gasteiger partial charge in [0.15, 0.2) is 17.3 Å². The lowest BCUT2D eigenvalue weighted by molar-refractivity contribution is 0.0970. The van der Waals surface area contributed by atoms with Gasteiger partial charge >= 0.3 is 0 Å². The molecule has 0 unspecified atom stereocenters. The number of aromatic nitrogens is 2. The number of hydrogen-bond acceptors (Lipinski definition) is 6. The molecule has 158 valence electrons. The van der Waals surface area contributed by atoms with E-state index in [1.54, 1.807) is 18.2 Å². The Labute approximate surface area is 183 Å². The van der Waals surface area contributed by atoms with Crippen molar-refractivity contribution in [3.8, 4) is 22.6 Å². The molecule has 0 bridgehead atoms. The van der Waals surface area contributed by atoms with E-state index in [-0.39, 0.29) is 17.9 Å². The maximum atomic E-state index is 13.2. The van der Waals surface area contributed by atoms with E-state index in [0.29, 0.717) is 27.3 Å². The molecule has 0 spiro atoms. The molecular formula is C24H22N2O4S. The van der Waals surface area contributed by atoms with Crippen molar-refractivity contribution in [3.63, 3.8) is 0 Å². The summed E-state index contributed by atoms with van der Waals surface area (Å²) < 4.78 is 11.8. The lowest BCUT2D eigenvalue weighted by atomic mass is 10.0. The fourth-order valence-electron chi connectivity index (χ4n) is 3.47. The molecule has 2 aromatic carbocycles. The van der Waals surface area contributed by atoms with Crippen molar-refractivity contribution in [2.75, 3.05) is 14.2 Å². The summed E-state index contributed by atoms with van der Waals surface area (Å²) in [5.41, 5.74) is 3.25. The van der Waals surface area contributed by atoms with Crippen LogP contribution in [0.25, 0.3) is 21.3 Å². The summed E-state index contributed by atoms with van der Waals surface area (Å²) in [6.07, 6.45) is 2.39. The van der Waals surface area contributed by atoms with E-state index in [2.05, 4.69) is 24.0 Å². The molecular weight excluding hydrogens is 412 g/mol. The lowest BCUT2D eigenvalue weighted by Crippen LogP contribution is -2.24. The molecule has 0 aliphatic heterocycles. The lowest BCUT2D eigenvalue weighted by Gasteiger charge is -2.10. The van der Waals surface area contributed by atoms with Gasteiger partial charge in [0.2, 0.25) is 0 Å². The van der Waals surface area contributed by atoms with Gasteiger partial charge in [-0.25, -0.2) is 4.98 Å². The molecule has 0 saturated heterocycles. The minimum absolute atomic E-state index is 0.110. The van der Waals surface area contributed by atoms with E-state index in [4.69, 9.17) is 9.47 Å². The molecule has 0 atom stereocenters. The summed E-state index contributed by atoms with van der Waals surface area (Å²) in [6.45, 7) is 1.99. The van der Waals surface area contributed by atoms with Crippen LogP contribution < -0.4 is 15.0 Å². The van der Waals surface area contributed by atoms with E-state index in [0.717, 1.165) is 17.5 Å². The Morgan fingerprint density at radius 1 is 1.06 bits per heavy atom. The molecule has 2 aromatic heterocycles. The first-order valence-corrected chi connectivity index (χ1v) is 10.7. The molecule has 0 fully saturated rings. The summed E-state index contributed by atoms with van der Waals surface area (Å²) >= 11 is 1.43. The summed E-state index contributed by atoms with van der Waals surface area (Å²) in [5, 5.41) is 2.48. The molecule has 0 aliphatic carbocycles. The SMILES string of the molecule is CCc1ccc(-c2csc3ncn(CC(=O)c4ccc(OC)c(OC)c4)c(=O)c23)cc1. The molecule has 4 aromatic rings. The van der Waals surface area contributed by atoms with Crippen LogP contribution in [0.15, 0.2) is 59.0 Å². The highest BCUT2D eigenvalue weighted by Gasteiger charge is 2.16. The van der Waals surface area contributed by atoms with Gasteiger partial charge in [-0.05, 0) is 35.7 Å². The Morgan fingerprint density at radius 2 is 1.81 bits per heavy atom. The minimum Gasteiger partial charge on any atom is -0.493 e. The van der Waals surface area contributed by atoms with Crippen molar-refractivity contribution in [2.45, 2.75) is 19.9 Å². The van der Waals surface area contributed by atoms with E-state index in [1.807, 2.05) is 17.5 Å². The Bertz CT molecular complexity index is 1310. The molecule has 4 rings (SSSR count). The van der Waals surface area contributed by atoms with Gasteiger partial charge in [-0.2, -0.15) is 0 Å². The van der Waals surface area contributed by atoms with E-state index in [9.17, 15) is 9.59 Å². The number of carbonyl (C=O) groups is 1. The predicted octanol–water partition coefficient (Wildman–Crippen LogP) is 4.59. The molecule has 2 heterocycles. The number of benzene rings is 2. The van der Waals surface area contributed by atoms with Crippen LogP contribution >= 0.6 is 11.3 Å². The van der Waals surface area contributed by atoms with E-state index in [1.165, 1.54) is 42.0 Å². The van der Waals surface area contributed by atoms with Crippen LogP contribution in [0, 0.1) is 0 Å². The van der Waals surface area contributed by atoms with Gasteiger partial charge in [-0.1, -0.05) is 31.2 Å². The highest BCUT2D eigenvalue weighted by molar-refractivity contribution is 7.17. The fraction of sp³-hybridized carbons (Fsp3) is 0.208. The normalized spacial score (nSPS) is 10.9. The largest absolute Gasteiger partial charge is 0.493 e. The Hall–Kier alpha value is -3.45. The molecule has 0 N–H and O–H groups in total. The standard InChI is InChI=1S/C24H22N2O4S/c1-4-15-5-7-16(8-6-15)18-13-31-23-22(18)24(28)26(14-25-23)12-19(27)17-9-10-20(29-2)21(11-17)30-3/h5-11,13-14H,4,12H2,1-3H3. The van der Waals surface area contributed by atoms with Crippen LogP contribution in [-0.4, -0.2) is 29.6 Å². The number of ketones is 1. The Balaban J connectivity index is 1.69. The van der Waals surface area contributed by atoms with Crippen molar-refractivity contribution in [1.29, 1.82) is 0 Å². The molecule has 6 nitrogen and oxygen atoms in total. The molecule has 0 saturated carbocycles. The van der Waals surface area contributed by atoms with Crippen molar-refractivity contribution >= 4 is 27.3 Å². The van der Waals surface area contributed by atoms with E-state index < -0.39 is 0 Å². The zero-order valence-corrected chi connectivity index (χ0v) is 18.4. The number of Topliss-reactive ketones (excluding diaryl/α,β-unsaturated/α-hetero) is 1. The van der Waals surface area contributed by atoms with Crippen LogP contribution in [0.1, 0.15) is 22.8 Å². The Morgan fingerprint density at radius 3 is 2.48 bits per heavy atom. The van der Waals surface area contributed by atoms with Crippen molar-refractivity contribution in [1.82, 2.24) is 9.55 Å². The average molecular weight is 435 g/mol. The molecule has 31 heavy (non-hydrogen) atoms. The number of fused-ring (bicyclic) bond motifs is 1. The van der Waals surface area contributed by atoms with Gasteiger partial charge in [-0.15, -0.1) is 11.3 Å². The number of methoxy groups -OCH3 is 2. The zero-order valence-electron chi connectivity index (χ0n) is 17.5. The van der Waals surface area contributed by atoms with Crippen molar-refractivity contribution in [3.05, 3.63) is 75.7 Å². The second-order valence-corrected chi connectivity index (χ2v) is 7.91. The van der Waals surface area contributed by atoms with Gasteiger partial charge < -0.3 is 9.47 Å². The minimum atomic E-state index is -0.227. The number of carbonyl (C=O) groups excluding carboxylic acids is 1. The van der Waals surface area contributed by atoms with Crippen molar-refractivity contribution < 1.29 is 14.3 Å². The summed E-state index contributed by atoms with van der Waals surface area (Å²) in [5.74, 6) is 0.787. The van der Waals surface area contributed by atoms with Gasteiger partial charge in [-0.3, -0.25) is 14.2 Å². The second-order valence-electron chi connectivity index (χ2n) is 7.05. The van der Waals surface area contributed by atoms with Gasteiger partial charge in [0, 0.05) is 16.5 Å². The highest BCUT2D eigenvalue weighted by Crippen LogP contribution is 2.31. The topological polar surface area (TPSA) is 70.4 Å². The summed E-state index contributed by atoms with van der Waals surface area (Å²) in [7, 11) is 3.05. The average Bonchev–Trinajstić information content (AvgIpc) is 3.25. The number of thiophene rings is 1. The molecule has 0 amide bonds. The van der Waals surface area contributed by atoms with Crippen LogP contribution in [0.2, 0.25) is 0 Å². The first kappa shape index (κ1) is 20.8. The summed E-state index contributed by atoms with van der Waals surface area (Å²) in [4.78, 5) is 31.2. The predicted molar refractivity (Wildman–Crippen MR) is 123 cm³/mol. The number of hydrogen-bond donors (Lipinski definition) is 0. The van der Waals surface area contributed by atoms with E-state index >= 15 is 0 Å². The fourth-order valence-corrected chi connectivity index (χ4v) is 4.37. The number of rotatable bonds is 7. The molecule has 0 radical (unpaired) electrons. The Kier molecular flexibility index (Phi) is 5.86. The number of ether oxygens (including phenoxy) is 2. The summed E-state index contributed by atoms with van der Waals surface area (Å²) in [6, 6.07) is 13.1.